The van der Waals surface area contributed by atoms with Crippen LogP contribution in [0.2, 0.25) is 5.31 Å². The number of nitrogens with one attached hydrogen (secondary N) is 1. The number of fused-ring (bicyclic) bond motifs is 5. The van der Waals surface area contributed by atoms with Crippen LogP contribution in [0.4, 0.5) is 0 Å². The van der Waals surface area contributed by atoms with E-state index in [9.17, 15) is 5.11 Å². The Morgan fingerprint density at radius 3 is 2.59 bits per heavy atom. The molecule has 0 spiro atoms. The van der Waals surface area contributed by atoms with Crippen LogP contribution < -0.4 is 5.32 Å². The first-order valence-corrected chi connectivity index (χ1v) is 9.61. The van der Waals surface area contributed by atoms with Gasteiger partial charge in [0.05, 0.1) is 14.0 Å². The molecule has 0 aromatic carbocycles. The van der Waals surface area contributed by atoms with Crippen LogP contribution in [-0.4, -0.2) is 31.1 Å². The van der Waals surface area contributed by atoms with Crippen molar-refractivity contribution in [2.24, 2.45) is 35.5 Å². The molecule has 3 heteroatoms. The predicted molar refractivity (Wildman–Crippen MR) is 90.8 cm³/mol. The molecule has 0 aromatic heterocycles. The normalized spacial score (nSPS) is 61.2. The second-order valence-corrected chi connectivity index (χ2v) is 9.41. The molecule has 1 heterocycles. The van der Waals surface area contributed by atoms with Gasteiger partial charge in [-0.1, -0.05) is 32.0 Å². The molecular weight excluding hydrogens is 269 g/mol. The summed E-state index contributed by atoms with van der Waals surface area (Å²) in [5.74, 6) is 3.98. The van der Waals surface area contributed by atoms with Crippen molar-refractivity contribution in [3.63, 3.8) is 0 Å². The molecule has 22 heavy (non-hydrogen) atoms. The molecule has 10 atom stereocenters. The van der Waals surface area contributed by atoms with Gasteiger partial charge in [0.2, 0.25) is 0 Å². The number of hydrogen-bond donors (Lipinski definition) is 2. The number of aliphatic hydroxyl groups is 1. The van der Waals surface area contributed by atoms with Crippen LogP contribution in [0.25, 0.3) is 0 Å². The minimum atomic E-state index is -0.123. The first kappa shape index (κ1) is 15.5. The Kier molecular flexibility index (Phi) is 3.70. The molecule has 4 aliphatic rings. The van der Waals surface area contributed by atoms with E-state index in [1.807, 2.05) is 0 Å². The van der Waals surface area contributed by atoms with Crippen molar-refractivity contribution < 1.29 is 5.11 Å². The van der Waals surface area contributed by atoms with E-state index in [-0.39, 0.29) is 11.4 Å². The smallest absolute Gasteiger partial charge is 0.0746 e. The lowest BCUT2D eigenvalue weighted by Gasteiger charge is -2.57. The summed E-state index contributed by atoms with van der Waals surface area (Å²) >= 11 is 0. The first-order valence-electron chi connectivity index (χ1n) is 9.61. The fourth-order valence-corrected chi connectivity index (χ4v) is 6.98. The van der Waals surface area contributed by atoms with Gasteiger partial charge in [-0.15, -0.1) is 0 Å². The Balaban J connectivity index is 1.63. The van der Waals surface area contributed by atoms with Gasteiger partial charge in [0.1, 0.15) is 0 Å². The maximum Gasteiger partial charge on any atom is 0.0746 e. The minimum absolute atomic E-state index is 0.0456. The topological polar surface area (TPSA) is 32.3 Å². The molecule has 0 aromatic rings. The summed E-state index contributed by atoms with van der Waals surface area (Å²) in [5.41, 5.74) is 0. The second kappa shape index (κ2) is 5.24. The molecule has 2 nitrogen and oxygen atoms in total. The molecule has 3 aliphatic carbocycles. The maximum atomic E-state index is 11.0. The molecule has 3 saturated carbocycles. The third kappa shape index (κ3) is 2.22. The monoisotopic (exact) mass is 301 g/mol. The molecule has 122 valence electrons. The van der Waals surface area contributed by atoms with Gasteiger partial charge in [-0.25, -0.2) is 0 Å². The van der Waals surface area contributed by atoms with E-state index < -0.39 is 0 Å². The van der Waals surface area contributed by atoms with Crippen LogP contribution in [0.3, 0.4) is 0 Å². The zero-order valence-corrected chi connectivity index (χ0v) is 14.5. The van der Waals surface area contributed by atoms with Crippen LogP contribution >= 0.6 is 0 Å². The van der Waals surface area contributed by atoms with Crippen LogP contribution in [0.1, 0.15) is 59.3 Å². The summed E-state index contributed by atoms with van der Waals surface area (Å²) in [6.45, 7) is 6.98. The summed E-state index contributed by atoms with van der Waals surface area (Å²) in [6.07, 6.45) is 7.13. The standard InChI is InChI=1S/C19H32BNO/c1-10-8-14-12-6-7-19(3,20)15(12)9-16(22)17(14)13-5-4-11(2)21-18(10)13/h10-18,21-22H,4-9H2,1-3H3/t10?,11-,12?,13-,14?,15+,16?,17?,18?,19?/m1/s1. The molecule has 4 fully saturated rings. The van der Waals surface area contributed by atoms with Crippen LogP contribution in [0.5, 0.6) is 0 Å². The lowest BCUT2D eigenvalue weighted by atomic mass is 9.49. The van der Waals surface area contributed by atoms with Crippen LogP contribution in [0.15, 0.2) is 0 Å². The van der Waals surface area contributed by atoms with Crippen molar-refractivity contribution in [3.8, 4) is 0 Å². The Bertz CT molecular complexity index is 439. The average Bonchev–Trinajstić information content (AvgIpc) is 2.75. The van der Waals surface area contributed by atoms with E-state index >= 15 is 0 Å². The third-order valence-corrected chi connectivity index (χ3v) is 7.99. The highest BCUT2D eigenvalue weighted by molar-refractivity contribution is 6.15. The van der Waals surface area contributed by atoms with E-state index in [0.29, 0.717) is 35.8 Å². The zero-order valence-electron chi connectivity index (χ0n) is 14.5. The highest BCUT2D eigenvalue weighted by atomic mass is 16.3. The molecule has 0 amide bonds. The van der Waals surface area contributed by atoms with Crippen molar-refractivity contribution in [1.82, 2.24) is 5.32 Å². The Labute approximate surface area is 137 Å². The molecule has 1 saturated heterocycles. The molecular formula is C19H32BNO. The van der Waals surface area contributed by atoms with E-state index in [0.717, 1.165) is 24.7 Å². The Morgan fingerprint density at radius 1 is 1.05 bits per heavy atom. The van der Waals surface area contributed by atoms with Crippen molar-refractivity contribution in [2.75, 3.05) is 0 Å². The van der Waals surface area contributed by atoms with Gasteiger partial charge in [0.15, 0.2) is 0 Å². The van der Waals surface area contributed by atoms with Crippen molar-refractivity contribution >= 4 is 7.85 Å². The molecule has 1 aliphatic heterocycles. The second-order valence-electron chi connectivity index (χ2n) is 9.41. The van der Waals surface area contributed by atoms with Gasteiger partial charge >= 0.3 is 0 Å². The minimum Gasteiger partial charge on any atom is -0.393 e. The number of hydrogen-bond acceptors (Lipinski definition) is 2. The van der Waals surface area contributed by atoms with E-state index in [1.165, 1.54) is 25.7 Å². The molecule has 2 radical (unpaired) electrons. The molecule has 4 rings (SSSR count). The van der Waals surface area contributed by atoms with Gasteiger partial charge in [-0.3, -0.25) is 0 Å². The summed E-state index contributed by atoms with van der Waals surface area (Å²) in [6, 6.07) is 1.27. The SMILES string of the molecule is [B]C1(C)CCC2C3CC(C)C4N[C@H](C)CC[C@@H]4C3C(O)C[C@@H]21. The quantitative estimate of drug-likeness (QED) is 0.674. The van der Waals surface area contributed by atoms with Gasteiger partial charge < -0.3 is 10.4 Å². The maximum absolute atomic E-state index is 11.0. The highest BCUT2D eigenvalue weighted by Crippen LogP contribution is 2.63. The molecule has 2 N–H and O–H groups in total. The molecule has 7 unspecified atom stereocenters. The Morgan fingerprint density at radius 2 is 1.82 bits per heavy atom. The van der Waals surface area contributed by atoms with Crippen LogP contribution in [0, 0.1) is 35.5 Å². The van der Waals surface area contributed by atoms with Gasteiger partial charge in [0.25, 0.3) is 0 Å². The Hall–Kier alpha value is -0.0151. The lowest BCUT2D eigenvalue weighted by Crippen LogP contribution is -2.61. The van der Waals surface area contributed by atoms with Gasteiger partial charge in [0, 0.05) is 12.1 Å². The predicted octanol–water partition coefficient (Wildman–Crippen LogP) is 3.15. The fraction of sp³-hybridized carbons (Fsp3) is 1.00. The summed E-state index contributed by atoms with van der Waals surface area (Å²) < 4.78 is 0. The van der Waals surface area contributed by atoms with E-state index in [1.54, 1.807) is 0 Å². The van der Waals surface area contributed by atoms with E-state index in [4.69, 9.17) is 7.85 Å². The molecule has 0 bridgehead atoms. The summed E-state index contributed by atoms with van der Waals surface area (Å²) in [4.78, 5) is 0. The zero-order chi connectivity index (χ0) is 15.6. The van der Waals surface area contributed by atoms with Crippen molar-refractivity contribution in [3.05, 3.63) is 0 Å². The largest absolute Gasteiger partial charge is 0.393 e. The number of rotatable bonds is 0. The third-order valence-electron chi connectivity index (χ3n) is 7.99. The average molecular weight is 301 g/mol. The van der Waals surface area contributed by atoms with Crippen molar-refractivity contribution in [1.29, 1.82) is 0 Å². The number of piperidine rings is 1. The van der Waals surface area contributed by atoms with E-state index in [2.05, 4.69) is 26.1 Å². The summed E-state index contributed by atoms with van der Waals surface area (Å²) in [7, 11) is 6.58. The lowest BCUT2D eigenvalue weighted by molar-refractivity contribution is -0.106. The van der Waals surface area contributed by atoms with Gasteiger partial charge in [-0.2, -0.15) is 0 Å². The highest BCUT2D eigenvalue weighted by Gasteiger charge is 2.57. The van der Waals surface area contributed by atoms with Gasteiger partial charge in [-0.05, 0) is 68.1 Å². The van der Waals surface area contributed by atoms with Crippen molar-refractivity contribution in [2.45, 2.75) is 82.8 Å². The summed E-state index contributed by atoms with van der Waals surface area (Å²) in [5, 5.41) is 14.8. The first-order chi connectivity index (χ1) is 10.4. The van der Waals surface area contributed by atoms with Crippen LogP contribution in [-0.2, 0) is 0 Å². The fourth-order valence-electron chi connectivity index (χ4n) is 6.98. The number of aliphatic hydroxyl groups excluding tert-OH is 1.